The highest BCUT2D eigenvalue weighted by Gasteiger charge is 2.18. The van der Waals surface area contributed by atoms with Gasteiger partial charge in [-0.1, -0.05) is 0 Å². The highest BCUT2D eigenvalue weighted by atomic mass is 35.5. The Kier molecular flexibility index (Phi) is 7.44. The van der Waals surface area contributed by atoms with E-state index in [1.807, 2.05) is 0 Å². The van der Waals surface area contributed by atoms with E-state index < -0.39 is 0 Å². The minimum Gasteiger partial charge on any atom is -0.381 e. The molecule has 17 heavy (non-hydrogen) atoms. The molecule has 0 spiro atoms. The van der Waals surface area contributed by atoms with Gasteiger partial charge in [0, 0.05) is 13.2 Å². The predicted molar refractivity (Wildman–Crippen MR) is 73.9 cm³/mol. The maximum absolute atomic E-state index is 5.42. The third kappa shape index (κ3) is 5.56. The van der Waals surface area contributed by atoms with Crippen molar-refractivity contribution in [3.63, 3.8) is 0 Å². The second kappa shape index (κ2) is 8.30. The van der Waals surface area contributed by atoms with E-state index in [2.05, 4.69) is 17.3 Å². The summed E-state index contributed by atoms with van der Waals surface area (Å²) in [6, 6.07) is 0. The summed E-state index contributed by atoms with van der Waals surface area (Å²) in [5.41, 5.74) is 0. The molecule has 2 heterocycles. The Labute approximate surface area is 112 Å². The number of hydrogen-bond acceptors (Lipinski definition) is 3. The van der Waals surface area contributed by atoms with Crippen LogP contribution in [0, 0.1) is 11.8 Å². The average molecular weight is 263 g/mol. The summed E-state index contributed by atoms with van der Waals surface area (Å²) in [4.78, 5) is 2.50. The van der Waals surface area contributed by atoms with Gasteiger partial charge < -0.3 is 15.0 Å². The molecular formula is C13H27ClN2O. The molecule has 2 rings (SSSR count). The first-order valence-electron chi connectivity index (χ1n) is 6.81. The molecule has 2 aliphatic rings. The van der Waals surface area contributed by atoms with E-state index in [-0.39, 0.29) is 12.4 Å². The summed E-state index contributed by atoms with van der Waals surface area (Å²) in [5.74, 6) is 1.75. The molecule has 2 saturated heterocycles. The van der Waals surface area contributed by atoms with Crippen molar-refractivity contribution in [2.75, 3.05) is 46.4 Å². The molecule has 0 aliphatic carbocycles. The first-order valence-corrected chi connectivity index (χ1v) is 6.81. The smallest absolute Gasteiger partial charge is 0.0507 e. The summed E-state index contributed by atoms with van der Waals surface area (Å²) in [6.45, 7) is 6.91. The normalized spacial score (nSPS) is 26.1. The third-order valence-electron chi connectivity index (χ3n) is 3.97. The van der Waals surface area contributed by atoms with Crippen LogP contribution in [0.5, 0.6) is 0 Å². The Hall–Kier alpha value is 0.170. The van der Waals surface area contributed by atoms with Gasteiger partial charge in [0.1, 0.15) is 0 Å². The van der Waals surface area contributed by atoms with Gasteiger partial charge >= 0.3 is 0 Å². The van der Waals surface area contributed by atoms with Crippen molar-refractivity contribution < 1.29 is 4.74 Å². The molecule has 1 N–H and O–H groups in total. The Balaban J connectivity index is 0.00000144. The fourth-order valence-corrected chi connectivity index (χ4v) is 2.83. The molecule has 0 aromatic carbocycles. The lowest BCUT2D eigenvalue weighted by atomic mass is 9.94. The van der Waals surface area contributed by atoms with Crippen LogP contribution in [0.2, 0.25) is 0 Å². The van der Waals surface area contributed by atoms with Gasteiger partial charge in [-0.25, -0.2) is 0 Å². The molecule has 0 aromatic rings. The lowest BCUT2D eigenvalue weighted by Crippen LogP contribution is -2.32. The minimum absolute atomic E-state index is 0. The average Bonchev–Trinajstić information content (AvgIpc) is 2.81. The number of ether oxygens (including phenoxy) is 1. The third-order valence-corrected chi connectivity index (χ3v) is 3.97. The number of nitrogens with zero attached hydrogens (tertiary/aromatic N) is 1. The quantitative estimate of drug-likeness (QED) is 0.817. The Bertz CT molecular complexity index is 192. The minimum atomic E-state index is 0. The van der Waals surface area contributed by atoms with Crippen LogP contribution in [-0.2, 0) is 4.74 Å². The molecule has 3 nitrogen and oxygen atoms in total. The second-order valence-corrected chi connectivity index (χ2v) is 5.47. The molecule has 2 aliphatic heterocycles. The van der Waals surface area contributed by atoms with Gasteiger partial charge in [0.15, 0.2) is 0 Å². The summed E-state index contributed by atoms with van der Waals surface area (Å²) in [5, 5.41) is 3.43. The topological polar surface area (TPSA) is 24.5 Å². The maximum Gasteiger partial charge on any atom is 0.0507 e. The summed E-state index contributed by atoms with van der Waals surface area (Å²) < 4.78 is 5.42. The zero-order chi connectivity index (χ0) is 11.2. The number of piperidine rings is 1. The summed E-state index contributed by atoms with van der Waals surface area (Å²) >= 11 is 0. The first-order chi connectivity index (χ1) is 7.84. The SMILES string of the molecule is CN(CCC1CCNCC1)CC1CCOC1.Cl. The molecule has 1 atom stereocenters. The van der Waals surface area contributed by atoms with E-state index in [0.29, 0.717) is 0 Å². The van der Waals surface area contributed by atoms with E-state index in [9.17, 15) is 0 Å². The van der Waals surface area contributed by atoms with Crippen LogP contribution >= 0.6 is 12.4 Å². The first kappa shape index (κ1) is 15.2. The van der Waals surface area contributed by atoms with Crippen LogP contribution in [-0.4, -0.2) is 51.3 Å². The van der Waals surface area contributed by atoms with Gasteiger partial charge in [0.25, 0.3) is 0 Å². The summed E-state index contributed by atoms with van der Waals surface area (Å²) in [7, 11) is 2.26. The molecule has 102 valence electrons. The van der Waals surface area contributed by atoms with Crippen LogP contribution < -0.4 is 5.32 Å². The van der Waals surface area contributed by atoms with Gasteiger partial charge in [-0.2, -0.15) is 0 Å². The van der Waals surface area contributed by atoms with Gasteiger partial charge in [-0.15, -0.1) is 12.4 Å². The van der Waals surface area contributed by atoms with E-state index in [4.69, 9.17) is 4.74 Å². The van der Waals surface area contributed by atoms with Crippen LogP contribution in [0.15, 0.2) is 0 Å². The highest BCUT2D eigenvalue weighted by molar-refractivity contribution is 5.85. The molecule has 1 unspecified atom stereocenters. The van der Waals surface area contributed by atoms with Crippen molar-refractivity contribution in [2.24, 2.45) is 11.8 Å². The van der Waals surface area contributed by atoms with Gasteiger partial charge in [0.2, 0.25) is 0 Å². The second-order valence-electron chi connectivity index (χ2n) is 5.47. The zero-order valence-corrected chi connectivity index (χ0v) is 11.8. The van der Waals surface area contributed by atoms with Crippen LogP contribution in [0.25, 0.3) is 0 Å². The van der Waals surface area contributed by atoms with Crippen LogP contribution in [0.1, 0.15) is 25.7 Å². The number of halogens is 1. The van der Waals surface area contributed by atoms with E-state index >= 15 is 0 Å². The maximum atomic E-state index is 5.42. The molecule has 0 radical (unpaired) electrons. The number of rotatable bonds is 5. The monoisotopic (exact) mass is 262 g/mol. The Morgan fingerprint density at radius 2 is 1.94 bits per heavy atom. The van der Waals surface area contributed by atoms with E-state index in [1.165, 1.54) is 51.9 Å². The molecule has 0 aromatic heterocycles. The number of hydrogen-bond donors (Lipinski definition) is 1. The Morgan fingerprint density at radius 3 is 2.59 bits per heavy atom. The van der Waals surface area contributed by atoms with Crippen molar-refractivity contribution in [3.05, 3.63) is 0 Å². The predicted octanol–water partition coefficient (Wildman–Crippen LogP) is 1.77. The van der Waals surface area contributed by atoms with E-state index in [0.717, 1.165) is 25.0 Å². The molecule has 4 heteroatoms. The molecular weight excluding hydrogens is 236 g/mol. The van der Waals surface area contributed by atoms with Gasteiger partial charge in [-0.05, 0) is 64.2 Å². The fourth-order valence-electron chi connectivity index (χ4n) is 2.83. The summed E-state index contributed by atoms with van der Waals surface area (Å²) in [6.07, 6.45) is 5.39. The van der Waals surface area contributed by atoms with Crippen molar-refractivity contribution in [1.82, 2.24) is 10.2 Å². The molecule has 2 fully saturated rings. The molecule has 0 amide bonds. The van der Waals surface area contributed by atoms with Crippen molar-refractivity contribution in [3.8, 4) is 0 Å². The van der Waals surface area contributed by atoms with Gasteiger partial charge in [0.05, 0.1) is 6.61 Å². The van der Waals surface area contributed by atoms with Crippen LogP contribution in [0.4, 0.5) is 0 Å². The van der Waals surface area contributed by atoms with Crippen molar-refractivity contribution >= 4 is 12.4 Å². The highest BCUT2D eigenvalue weighted by Crippen LogP contribution is 2.17. The van der Waals surface area contributed by atoms with Crippen LogP contribution in [0.3, 0.4) is 0 Å². The lowest BCUT2D eigenvalue weighted by molar-refractivity contribution is 0.171. The molecule has 0 saturated carbocycles. The van der Waals surface area contributed by atoms with E-state index in [1.54, 1.807) is 0 Å². The Morgan fingerprint density at radius 1 is 1.18 bits per heavy atom. The number of nitrogens with one attached hydrogen (secondary N) is 1. The zero-order valence-electron chi connectivity index (χ0n) is 11.0. The van der Waals surface area contributed by atoms with Crippen molar-refractivity contribution in [1.29, 1.82) is 0 Å². The standard InChI is InChI=1S/C13H26N2O.ClH/c1-15(10-13-5-9-16-11-13)8-4-12-2-6-14-7-3-12;/h12-14H,2-11H2,1H3;1H. The largest absolute Gasteiger partial charge is 0.381 e. The van der Waals surface area contributed by atoms with Gasteiger partial charge in [-0.3, -0.25) is 0 Å². The fraction of sp³-hybridized carbons (Fsp3) is 1.00. The lowest BCUT2D eigenvalue weighted by Gasteiger charge is -2.26. The van der Waals surface area contributed by atoms with Crippen molar-refractivity contribution in [2.45, 2.75) is 25.7 Å². The molecule has 0 bridgehead atoms.